The fourth-order valence-corrected chi connectivity index (χ4v) is 2.66. The van der Waals surface area contributed by atoms with E-state index in [-0.39, 0.29) is 0 Å². The molecule has 0 aliphatic heterocycles. The van der Waals surface area contributed by atoms with E-state index in [9.17, 15) is 0 Å². The largest absolute Gasteiger partial charge is 0.316 e. The zero-order valence-electron chi connectivity index (χ0n) is 9.47. The molecule has 0 aromatic carbocycles. The van der Waals surface area contributed by atoms with Gasteiger partial charge < -0.3 is 5.32 Å². The maximum Gasteiger partial charge on any atom is -0.00178 e. The smallest absolute Gasteiger partial charge is 0.00178 e. The van der Waals surface area contributed by atoms with Crippen molar-refractivity contribution in [2.45, 2.75) is 46.5 Å². The highest BCUT2D eigenvalue weighted by molar-refractivity contribution is 4.80. The molecule has 2 atom stereocenters. The van der Waals surface area contributed by atoms with E-state index in [0.29, 0.717) is 0 Å². The van der Waals surface area contributed by atoms with E-state index < -0.39 is 0 Å². The first kappa shape index (κ1) is 11.0. The zero-order valence-corrected chi connectivity index (χ0v) is 9.47. The predicted octanol–water partition coefficient (Wildman–Crippen LogP) is 3.06. The van der Waals surface area contributed by atoms with E-state index in [1.165, 1.54) is 38.8 Å². The van der Waals surface area contributed by atoms with Crippen LogP contribution in [0, 0.1) is 17.8 Å². The van der Waals surface area contributed by atoms with Crippen molar-refractivity contribution in [3.63, 3.8) is 0 Å². The summed E-state index contributed by atoms with van der Waals surface area (Å²) in [6, 6.07) is 0. The Kier molecular flexibility index (Phi) is 4.79. The third-order valence-electron chi connectivity index (χ3n) is 3.41. The fourth-order valence-electron chi connectivity index (χ4n) is 2.66. The molecule has 1 rings (SSSR count). The number of nitrogens with one attached hydrogen (secondary N) is 1. The van der Waals surface area contributed by atoms with Gasteiger partial charge in [-0.1, -0.05) is 27.2 Å². The Morgan fingerprint density at radius 1 is 1.31 bits per heavy atom. The molecule has 0 bridgehead atoms. The third-order valence-corrected chi connectivity index (χ3v) is 3.41. The van der Waals surface area contributed by atoms with Crippen molar-refractivity contribution in [2.75, 3.05) is 13.1 Å². The third kappa shape index (κ3) is 3.30. The second-order valence-electron chi connectivity index (χ2n) is 4.80. The zero-order chi connectivity index (χ0) is 9.68. The van der Waals surface area contributed by atoms with Gasteiger partial charge in [-0.2, -0.15) is 0 Å². The van der Waals surface area contributed by atoms with Crippen LogP contribution >= 0.6 is 0 Å². The normalized spacial score (nSPS) is 28.6. The van der Waals surface area contributed by atoms with Crippen molar-refractivity contribution < 1.29 is 0 Å². The van der Waals surface area contributed by atoms with Gasteiger partial charge in [-0.15, -0.1) is 0 Å². The van der Waals surface area contributed by atoms with Crippen LogP contribution in [-0.4, -0.2) is 13.1 Å². The lowest BCUT2D eigenvalue weighted by molar-refractivity contribution is 0.286. The summed E-state index contributed by atoms with van der Waals surface area (Å²) in [5.74, 6) is 2.84. The summed E-state index contributed by atoms with van der Waals surface area (Å²) in [5, 5.41) is 3.56. The molecule has 1 aliphatic carbocycles. The summed E-state index contributed by atoms with van der Waals surface area (Å²) in [5.41, 5.74) is 0. The molecular weight excluding hydrogens is 158 g/mol. The van der Waals surface area contributed by atoms with Gasteiger partial charge >= 0.3 is 0 Å². The van der Waals surface area contributed by atoms with Crippen LogP contribution in [-0.2, 0) is 0 Å². The van der Waals surface area contributed by atoms with Crippen molar-refractivity contribution in [3.05, 3.63) is 0 Å². The average Bonchev–Trinajstić information content (AvgIpc) is 2.53. The Morgan fingerprint density at radius 2 is 2.08 bits per heavy atom. The Hall–Kier alpha value is -0.0400. The van der Waals surface area contributed by atoms with Crippen LogP contribution in [0.4, 0.5) is 0 Å². The van der Waals surface area contributed by atoms with Gasteiger partial charge in [0.25, 0.3) is 0 Å². The Labute approximate surface area is 83.3 Å². The standard InChI is InChI=1S/C12H25N/c1-4-8-13-9-11-6-5-7-12(11)10(2)3/h10-13H,4-9H2,1-3H3. The number of hydrogen-bond acceptors (Lipinski definition) is 1. The monoisotopic (exact) mass is 183 g/mol. The molecule has 2 unspecified atom stereocenters. The van der Waals surface area contributed by atoms with Crippen molar-refractivity contribution in [2.24, 2.45) is 17.8 Å². The lowest BCUT2D eigenvalue weighted by Crippen LogP contribution is -2.27. The second-order valence-corrected chi connectivity index (χ2v) is 4.80. The maximum atomic E-state index is 3.56. The van der Waals surface area contributed by atoms with Crippen molar-refractivity contribution in [1.29, 1.82) is 0 Å². The van der Waals surface area contributed by atoms with Gasteiger partial charge in [-0.3, -0.25) is 0 Å². The average molecular weight is 183 g/mol. The van der Waals surface area contributed by atoms with E-state index in [1.807, 2.05) is 0 Å². The van der Waals surface area contributed by atoms with Crippen molar-refractivity contribution in [1.82, 2.24) is 5.32 Å². The van der Waals surface area contributed by atoms with Gasteiger partial charge in [0, 0.05) is 0 Å². The van der Waals surface area contributed by atoms with Gasteiger partial charge in [0.2, 0.25) is 0 Å². The van der Waals surface area contributed by atoms with Gasteiger partial charge in [0.15, 0.2) is 0 Å². The molecule has 0 aromatic rings. The molecule has 1 saturated carbocycles. The van der Waals surface area contributed by atoms with Crippen LogP contribution in [0.3, 0.4) is 0 Å². The maximum absolute atomic E-state index is 3.56. The molecule has 1 fully saturated rings. The summed E-state index contributed by atoms with van der Waals surface area (Å²) < 4.78 is 0. The minimum absolute atomic E-state index is 0.885. The highest BCUT2D eigenvalue weighted by atomic mass is 14.9. The molecular formula is C12H25N. The van der Waals surface area contributed by atoms with E-state index in [4.69, 9.17) is 0 Å². The summed E-state index contributed by atoms with van der Waals surface area (Å²) >= 11 is 0. The van der Waals surface area contributed by atoms with Gasteiger partial charge in [0.1, 0.15) is 0 Å². The first-order valence-electron chi connectivity index (χ1n) is 5.96. The summed E-state index contributed by atoms with van der Waals surface area (Å²) in [7, 11) is 0. The Morgan fingerprint density at radius 3 is 2.69 bits per heavy atom. The van der Waals surface area contributed by atoms with Crippen LogP contribution < -0.4 is 5.32 Å². The molecule has 1 heteroatoms. The number of hydrogen-bond donors (Lipinski definition) is 1. The van der Waals surface area contributed by atoms with Gasteiger partial charge in [-0.25, -0.2) is 0 Å². The Balaban J connectivity index is 2.23. The highest BCUT2D eigenvalue weighted by Crippen LogP contribution is 2.36. The molecule has 78 valence electrons. The lowest BCUT2D eigenvalue weighted by Gasteiger charge is -2.23. The molecule has 0 spiro atoms. The topological polar surface area (TPSA) is 12.0 Å². The SMILES string of the molecule is CCCNCC1CCCC1C(C)C. The predicted molar refractivity (Wildman–Crippen MR) is 58.8 cm³/mol. The molecule has 13 heavy (non-hydrogen) atoms. The molecule has 1 nitrogen and oxygen atoms in total. The van der Waals surface area contributed by atoms with E-state index in [1.54, 1.807) is 0 Å². The molecule has 0 heterocycles. The molecule has 0 saturated heterocycles. The number of rotatable bonds is 5. The van der Waals surface area contributed by atoms with E-state index >= 15 is 0 Å². The molecule has 0 radical (unpaired) electrons. The van der Waals surface area contributed by atoms with E-state index in [2.05, 4.69) is 26.1 Å². The van der Waals surface area contributed by atoms with Crippen molar-refractivity contribution >= 4 is 0 Å². The minimum Gasteiger partial charge on any atom is -0.316 e. The van der Waals surface area contributed by atoms with Crippen LogP contribution in [0.25, 0.3) is 0 Å². The highest BCUT2D eigenvalue weighted by Gasteiger charge is 2.28. The lowest BCUT2D eigenvalue weighted by atomic mass is 9.86. The van der Waals surface area contributed by atoms with Crippen LogP contribution in [0.15, 0.2) is 0 Å². The van der Waals surface area contributed by atoms with Gasteiger partial charge in [0.05, 0.1) is 0 Å². The van der Waals surface area contributed by atoms with Crippen LogP contribution in [0.2, 0.25) is 0 Å². The quantitative estimate of drug-likeness (QED) is 0.646. The second kappa shape index (κ2) is 5.64. The fraction of sp³-hybridized carbons (Fsp3) is 1.00. The van der Waals surface area contributed by atoms with Crippen molar-refractivity contribution in [3.8, 4) is 0 Å². The summed E-state index contributed by atoms with van der Waals surface area (Å²) in [6.07, 6.45) is 5.65. The Bertz CT molecular complexity index is 131. The van der Waals surface area contributed by atoms with E-state index in [0.717, 1.165) is 17.8 Å². The molecule has 1 N–H and O–H groups in total. The molecule has 1 aliphatic rings. The minimum atomic E-state index is 0.885. The molecule has 0 amide bonds. The summed E-state index contributed by atoms with van der Waals surface area (Å²) in [4.78, 5) is 0. The first-order chi connectivity index (χ1) is 6.25. The van der Waals surface area contributed by atoms with Crippen LogP contribution in [0.5, 0.6) is 0 Å². The first-order valence-corrected chi connectivity index (χ1v) is 5.96. The van der Waals surface area contributed by atoms with Gasteiger partial charge in [-0.05, 0) is 50.1 Å². The molecule has 0 aromatic heterocycles. The van der Waals surface area contributed by atoms with Crippen LogP contribution in [0.1, 0.15) is 46.5 Å². The summed E-state index contributed by atoms with van der Waals surface area (Å²) in [6.45, 7) is 9.45.